The number of thiazole rings is 1. The van der Waals surface area contributed by atoms with Crippen molar-refractivity contribution in [2.45, 2.75) is 13.5 Å². The van der Waals surface area contributed by atoms with Crippen molar-refractivity contribution in [3.63, 3.8) is 0 Å². The minimum absolute atomic E-state index is 0.433. The maximum Gasteiger partial charge on any atom is 0.417 e. The van der Waals surface area contributed by atoms with E-state index >= 15 is 0 Å². The molecule has 92 valence electrons. The van der Waals surface area contributed by atoms with Crippen LogP contribution in [0.4, 0.5) is 5.69 Å². The molecule has 0 saturated heterocycles. The summed E-state index contributed by atoms with van der Waals surface area (Å²) in [6.07, 6.45) is 0. The summed E-state index contributed by atoms with van der Waals surface area (Å²) in [6.45, 7) is 2.65. The molecule has 3 aromatic rings. The van der Waals surface area contributed by atoms with E-state index < -0.39 is 5.76 Å². The highest BCUT2D eigenvalue weighted by molar-refractivity contribution is 7.09. The molecule has 0 unspecified atom stereocenters. The Hall–Kier alpha value is -2.08. The number of nitrogens with zero attached hydrogens (tertiary/aromatic N) is 1. The molecule has 2 N–H and O–H groups in total. The molecule has 1 aromatic carbocycles. The molecule has 0 saturated carbocycles. The normalized spacial score (nSPS) is 10.9. The number of fused-ring (bicyclic) bond motifs is 1. The van der Waals surface area contributed by atoms with Crippen molar-refractivity contribution in [3.05, 3.63) is 44.8 Å². The van der Waals surface area contributed by atoms with E-state index in [2.05, 4.69) is 15.3 Å². The number of H-pyrrole nitrogens is 1. The summed E-state index contributed by atoms with van der Waals surface area (Å²) in [7, 11) is 0. The summed E-state index contributed by atoms with van der Waals surface area (Å²) < 4.78 is 4.94. The third kappa shape index (κ3) is 2.14. The van der Waals surface area contributed by atoms with E-state index in [9.17, 15) is 4.79 Å². The lowest BCUT2D eigenvalue weighted by Crippen LogP contribution is -1.99. The number of hydrogen-bond acceptors (Lipinski definition) is 5. The average molecular weight is 261 g/mol. The van der Waals surface area contributed by atoms with Gasteiger partial charge in [-0.05, 0) is 25.1 Å². The largest absolute Gasteiger partial charge is 0.417 e. The van der Waals surface area contributed by atoms with Gasteiger partial charge in [0.05, 0.1) is 22.8 Å². The van der Waals surface area contributed by atoms with Crippen molar-refractivity contribution in [1.82, 2.24) is 9.97 Å². The van der Waals surface area contributed by atoms with Crippen molar-refractivity contribution in [3.8, 4) is 0 Å². The fourth-order valence-electron chi connectivity index (χ4n) is 1.74. The van der Waals surface area contributed by atoms with Crippen LogP contribution in [0.3, 0.4) is 0 Å². The zero-order valence-corrected chi connectivity index (χ0v) is 10.5. The van der Waals surface area contributed by atoms with Gasteiger partial charge in [0.2, 0.25) is 0 Å². The monoisotopic (exact) mass is 261 g/mol. The molecule has 0 aliphatic rings. The van der Waals surface area contributed by atoms with Crippen LogP contribution in [-0.2, 0) is 6.54 Å². The first kappa shape index (κ1) is 11.0. The van der Waals surface area contributed by atoms with Gasteiger partial charge in [-0.2, -0.15) is 0 Å². The van der Waals surface area contributed by atoms with Crippen LogP contribution in [0.25, 0.3) is 11.1 Å². The van der Waals surface area contributed by atoms with Crippen molar-refractivity contribution < 1.29 is 4.42 Å². The highest BCUT2D eigenvalue weighted by Gasteiger charge is 2.03. The fraction of sp³-hybridized carbons (Fsp3) is 0.167. The third-order valence-corrected chi connectivity index (χ3v) is 3.38. The summed E-state index contributed by atoms with van der Waals surface area (Å²) in [5.41, 5.74) is 3.19. The van der Waals surface area contributed by atoms with Gasteiger partial charge in [0.25, 0.3) is 0 Å². The first-order chi connectivity index (χ1) is 8.70. The Labute approximate surface area is 106 Å². The minimum Gasteiger partial charge on any atom is -0.408 e. The van der Waals surface area contributed by atoms with Gasteiger partial charge in [0.15, 0.2) is 5.58 Å². The maximum absolute atomic E-state index is 11.0. The lowest BCUT2D eigenvalue weighted by Gasteiger charge is -2.03. The van der Waals surface area contributed by atoms with Crippen LogP contribution in [0.15, 0.2) is 32.8 Å². The second kappa shape index (κ2) is 4.30. The Morgan fingerprint density at radius 1 is 1.50 bits per heavy atom. The number of aromatic nitrogens is 2. The molecule has 0 radical (unpaired) electrons. The van der Waals surface area contributed by atoms with Crippen LogP contribution in [0.5, 0.6) is 0 Å². The molecule has 2 heterocycles. The molecule has 0 bridgehead atoms. The third-order valence-electron chi connectivity index (χ3n) is 2.56. The number of hydrogen-bond donors (Lipinski definition) is 2. The lowest BCUT2D eigenvalue weighted by molar-refractivity contribution is 0.555. The number of benzene rings is 1. The molecule has 0 fully saturated rings. The molecule has 2 aromatic heterocycles. The summed E-state index contributed by atoms with van der Waals surface area (Å²) in [4.78, 5) is 18.0. The van der Waals surface area contributed by atoms with Gasteiger partial charge in [0, 0.05) is 11.1 Å². The Bertz CT molecular complexity index is 741. The molecular formula is C12H11N3O2S. The molecular weight excluding hydrogens is 250 g/mol. The fourth-order valence-corrected chi connectivity index (χ4v) is 2.36. The molecule has 18 heavy (non-hydrogen) atoms. The van der Waals surface area contributed by atoms with Gasteiger partial charge in [-0.15, -0.1) is 11.3 Å². The van der Waals surface area contributed by atoms with Crippen LogP contribution in [0.1, 0.15) is 10.7 Å². The summed E-state index contributed by atoms with van der Waals surface area (Å²) in [6, 6.07) is 5.49. The van der Waals surface area contributed by atoms with E-state index in [1.807, 2.05) is 24.4 Å². The van der Waals surface area contributed by atoms with Crippen LogP contribution in [-0.4, -0.2) is 9.97 Å². The summed E-state index contributed by atoms with van der Waals surface area (Å²) in [5.74, 6) is -0.433. The predicted molar refractivity (Wildman–Crippen MR) is 71.0 cm³/mol. The molecule has 0 aliphatic carbocycles. The Morgan fingerprint density at radius 3 is 3.17 bits per heavy atom. The zero-order valence-electron chi connectivity index (χ0n) is 9.69. The molecule has 3 rings (SSSR count). The lowest BCUT2D eigenvalue weighted by atomic mass is 10.3. The van der Waals surface area contributed by atoms with Crippen LogP contribution < -0.4 is 11.1 Å². The van der Waals surface area contributed by atoms with Gasteiger partial charge in [-0.25, -0.2) is 9.78 Å². The number of rotatable bonds is 3. The van der Waals surface area contributed by atoms with Crippen molar-refractivity contribution in [2.24, 2.45) is 0 Å². The number of nitrogens with one attached hydrogen (secondary N) is 2. The summed E-state index contributed by atoms with van der Waals surface area (Å²) in [5, 5.41) is 6.34. The Balaban J connectivity index is 1.80. The number of aryl methyl sites for hydroxylation is 1. The van der Waals surface area contributed by atoms with Crippen LogP contribution >= 0.6 is 11.3 Å². The van der Waals surface area contributed by atoms with Crippen LogP contribution in [0.2, 0.25) is 0 Å². The first-order valence-electron chi connectivity index (χ1n) is 5.48. The second-order valence-electron chi connectivity index (χ2n) is 3.94. The van der Waals surface area contributed by atoms with E-state index in [1.54, 1.807) is 17.4 Å². The number of anilines is 1. The first-order valence-corrected chi connectivity index (χ1v) is 6.36. The molecule has 6 heteroatoms. The van der Waals surface area contributed by atoms with E-state index in [-0.39, 0.29) is 0 Å². The van der Waals surface area contributed by atoms with Crippen LogP contribution in [0, 0.1) is 6.92 Å². The van der Waals surface area contributed by atoms with Crippen molar-refractivity contribution in [1.29, 1.82) is 0 Å². The number of oxazole rings is 1. The van der Waals surface area contributed by atoms with Gasteiger partial charge >= 0.3 is 5.76 Å². The smallest absolute Gasteiger partial charge is 0.408 e. The van der Waals surface area contributed by atoms with E-state index in [4.69, 9.17) is 4.42 Å². The zero-order chi connectivity index (χ0) is 12.5. The van der Waals surface area contributed by atoms with Crippen molar-refractivity contribution in [2.75, 3.05) is 5.32 Å². The number of aromatic amines is 1. The Morgan fingerprint density at radius 2 is 2.39 bits per heavy atom. The topological polar surface area (TPSA) is 70.9 Å². The highest BCUT2D eigenvalue weighted by atomic mass is 32.1. The molecule has 0 amide bonds. The maximum atomic E-state index is 11.0. The standard InChI is InChI=1S/C12H11N3O2S/c1-7-14-9(6-18-7)5-13-8-2-3-11-10(4-8)15-12(16)17-11/h2-4,6,13H,5H2,1H3,(H,15,16). The minimum atomic E-state index is -0.433. The summed E-state index contributed by atoms with van der Waals surface area (Å²) >= 11 is 1.63. The average Bonchev–Trinajstić information content (AvgIpc) is 2.90. The van der Waals surface area contributed by atoms with E-state index in [0.717, 1.165) is 16.4 Å². The van der Waals surface area contributed by atoms with E-state index in [0.29, 0.717) is 17.6 Å². The quantitative estimate of drug-likeness (QED) is 0.760. The predicted octanol–water partition coefficient (Wildman–Crippen LogP) is 2.50. The SMILES string of the molecule is Cc1nc(CNc2ccc3oc(=O)[nH]c3c2)cs1. The second-order valence-corrected chi connectivity index (χ2v) is 5.00. The van der Waals surface area contributed by atoms with Gasteiger partial charge < -0.3 is 9.73 Å². The van der Waals surface area contributed by atoms with Gasteiger partial charge in [-0.1, -0.05) is 0 Å². The molecule has 0 atom stereocenters. The van der Waals surface area contributed by atoms with Crippen molar-refractivity contribution >= 4 is 28.1 Å². The van der Waals surface area contributed by atoms with Gasteiger partial charge in [0.1, 0.15) is 0 Å². The molecule has 0 spiro atoms. The molecule has 0 aliphatic heterocycles. The Kier molecular flexibility index (Phi) is 2.64. The van der Waals surface area contributed by atoms with Gasteiger partial charge in [-0.3, -0.25) is 4.98 Å². The highest BCUT2D eigenvalue weighted by Crippen LogP contribution is 2.17. The van der Waals surface area contributed by atoms with E-state index in [1.165, 1.54) is 0 Å². The molecule has 5 nitrogen and oxygen atoms in total.